The minimum absolute atomic E-state index is 0.0801. The molecule has 6 nitrogen and oxygen atoms in total. The Labute approximate surface area is 152 Å². The second-order valence-electron chi connectivity index (χ2n) is 7.66. The highest BCUT2D eigenvalue weighted by molar-refractivity contribution is 6.74. The molecule has 0 aromatic heterocycles. The van der Waals surface area contributed by atoms with Crippen LogP contribution in [0.5, 0.6) is 0 Å². The van der Waals surface area contributed by atoms with Crippen LogP contribution < -0.4 is 0 Å². The smallest absolute Gasteiger partial charge is 0.302 e. The van der Waals surface area contributed by atoms with E-state index in [4.69, 9.17) is 13.9 Å². The molecule has 0 aromatic rings. The van der Waals surface area contributed by atoms with E-state index >= 15 is 0 Å². The summed E-state index contributed by atoms with van der Waals surface area (Å²) in [7, 11) is -1.83. The van der Waals surface area contributed by atoms with Crippen LogP contribution in [0.4, 0.5) is 0 Å². The normalized spacial score (nSPS) is 14.2. The van der Waals surface area contributed by atoms with Crippen LogP contribution in [0.25, 0.3) is 0 Å². The van der Waals surface area contributed by atoms with Gasteiger partial charge in [-0.05, 0) is 30.1 Å². The molecule has 0 bridgehead atoms. The predicted molar refractivity (Wildman–Crippen MR) is 99.7 cm³/mol. The van der Waals surface area contributed by atoms with Crippen LogP contribution in [0.2, 0.25) is 18.1 Å². The predicted octanol–water partition coefficient (Wildman–Crippen LogP) is 3.20. The van der Waals surface area contributed by atoms with Gasteiger partial charge in [0.05, 0.1) is 12.7 Å². The zero-order valence-corrected chi connectivity index (χ0v) is 17.7. The molecule has 0 saturated carbocycles. The molecule has 0 saturated heterocycles. The number of aliphatic hydroxyl groups is 1. The van der Waals surface area contributed by atoms with Gasteiger partial charge in [0.15, 0.2) is 8.32 Å². The van der Waals surface area contributed by atoms with Crippen molar-refractivity contribution in [2.45, 2.75) is 71.7 Å². The summed E-state index contributed by atoms with van der Waals surface area (Å²) in [5.41, 5.74) is 0.719. The minimum atomic E-state index is -1.83. The molecule has 0 heterocycles. The summed E-state index contributed by atoms with van der Waals surface area (Å²) in [4.78, 5) is 21.8. The standard InChI is InChI=1S/C18H34O6Si/c1-14(19)22-10-8-16(13-23-15(2)20)12-17(21)9-11-24-25(6,7)18(3,4)5/h12,17,21H,8-11,13H2,1-7H3/b16-12-/t17-/m1/s1. The third-order valence-corrected chi connectivity index (χ3v) is 8.84. The molecule has 146 valence electrons. The first-order valence-electron chi connectivity index (χ1n) is 8.63. The molecule has 0 amide bonds. The summed E-state index contributed by atoms with van der Waals surface area (Å²) in [6.45, 7) is 14.2. The molecule has 0 fully saturated rings. The molecule has 0 aliphatic rings. The maximum Gasteiger partial charge on any atom is 0.302 e. The second-order valence-corrected chi connectivity index (χ2v) is 12.5. The molecule has 0 aliphatic heterocycles. The molecule has 1 atom stereocenters. The van der Waals surface area contributed by atoms with E-state index in [-0.39, 0.29) is 24.2 Å². The molecule has 0 spiro atoms. The number of rotatable bonds is 10. The van der Waals surface area contributed by atoms with Crippen molar-refractivity contribution >= 4 is 20.3 Å². The van der Waals surface area contributed by atoms with Crippen molar-refractivity contribution in [2.24, 2.45) is 0 Å². The maximum absolute atomic E-state index is 11.0. The first-order chi connectivity index (χ1) is 11.3. The van der Waals surface area contributed by atoms with Crippen LogP contribution in [-0.4, -0.2) is 51.3 Å². The fraction of sp³-hybridized carbons (Fsp3) is 0.778. The van der Waals surface area contributed by atoms with E-state index in [0.717, 1.165) is 5.57 Å². The van der Waals surface area contributed by atoms with E-state index in [1.807, 2.05) is 0 Å². The van der Waals surface area contributed by atoms with Crippen molar-refractivity contribution < 1.29 is 28.6 Å². The Hall–Kier alpha value is -1.18. The Morgan fingerprint density at radius 1 is 1.08 bits per heavy atom. The van der Waals surface area contributed by atoms with Gasteiger partial charge in [0.2, 0.25) is 0 Å². The molecule has 0 unspecified atom stereocenters. The van der Waals surface area contributed by atoms with Crippen LogP contribution in [-0.2, 0) is 23.5 Å². The van der Waals surface area contributed by atoms with Crippen LogP contribution >= 0.6 is 0 Å². The fourth-order valence-electron chi connectivity index (χ4n) is 1.73. The number of hydrogen-bond donors (Lipinski definition) is 1. The average molecular weight is 375 g/mol. The number of carbonyl (C=O) groups excluding carboxylic acids is 2. The fourth-order valence-corrected chi connectivity index (χ4v) is 2.79. The Balaban J connectivity index is 4.59. The third-order valence-electron chi connectivity index (χ3n) is 4.30. The summed E-state index contributed by atoms with van der Waals surface area (Å²) in [6, 6.07) is 0. The highest BCUT2D eigenvalue weighted by Crippen LogP contribution is 2.36. The van der Waals surface area contributed by atoms with Gasteiger partial charge in [-0.3, -0.25) is 9.59 Å². The zero-order valence-electron chi connectivity index (χ0n) is 16.7. The lowest BCUT2D eigenvalue weighted by Gasteiger charge is -2.36. The quantitative estimate of drug-likeness (QED) is 0.359. The largest absolute Gasteiger partial charge is 0.466 e. The minimum Gasteiger partial charge on any atom is -0.466 e. The topological polar surface area (TPSA) is 82.1 Å². The van der Waals surface area contributed by atoms with Gasteiger partial charge in [-0.15, -0.1) is 0 Å². The monoisotopic (exact) mass is 374 g/mol. The molecular weight excluding hydrogens is 340 g/mol. The van der Waals surface area contributed by atoms with Gasteiger partial charge in [-0.2, -0.15) is 0 Å². The van der Waals surface area contributed by atoms with Gasteiger partial charge >= 0.3 is 11.9 Å². The van der Waals surface area contributed by atoms with Crippen molar-refractivity contribution in [1.29, 1.82) is 0 Å². The van der Waals surface area contributed by atoms with E-state index in [1.165, 1.54) is 13.8 Å². The van der Waals surface area contributed by atoms with E-state index in [0.29, 0.717) is 19.4 Å². The van der Waals surface area contributed by atoms with E-state index < -0.39 is 20.4 Å². The Kier molecular flexibility index (Phi) is 10.2. The van der Waals surface area contributed by atoms with Crippen molar-refractivity contribution in [3.05, 3.63) is 11.6 Å². The highest BCUT2D eigenvalue weighted by atomic mass is 28.4. The van der Waals surface area contributed by atoms with E-state index in [9.17, 15) is 14.7 Å². The van der Waals surface area contributed by atoms with E-state index in [2.05, 4.69) is 33.9 Å². The number of ether oxygens (including phenoxy) is 2. The lowest BCUT2D eigenvalue weighted by atomic mass is 10.1. The number of carbonyl (C=O) groups is 2. The molecule has 0 aromatic carbocycles. The summed E-state index contributed by atoms with van der Waals surface area (Å²) in [5.74, 6) is -0.760. The van der Waals surface area contributed by atoms with Gasteiger partial charge in [-0.1, -0.05) is 26.8 Å². The number of aliphatic hydroxyl groups excluding tert-OH is 1. The summed E-state index contributed by atoms with van der Waals surface area (Å²) in [5, 5.41) is 10.3. The molecule has 0 radical (unpaired) electrons. The number of hydrogen-bond acceptors (Lipinski definition) is 6. The Morgan fingerprint density at radius 3 is 2.12 bits per heavy atom. The van der Waals surface area contributed by atoms with Gasteiger partial charge < -0.3 is 19.0 Å². The van der Waals surface area contributed by atoms with Crippen LogP contribution in [0.3, 0.4) is 0 Å². The summed E-state index contributed by atoms with van der Waals surface area (Å²) >= 11 is 0. The van der Waals surface area contributed by atoms with Crippen LogP contribution in [0.1, 0.15) is 47.5 Å². The lowest BCUT2D eigenvalue weighted by molar-refractivity contribution is -0.142. The first-order valence-corrected chi connectivity index (χ1v) is 11.5. The molecule has 0 rings (SSSR count). The average Bonchev–Trinajstić information content (AvgIpc) is 2.42. The van der Waals surface area contributed by atoms with Crippen molar-refractivity contribution in [2.75, 3.05) is 19.8 Å². The van der Waals surface area contributed by atoms with Gasteiger partial charge in [0.25, 0.3) is 0 Å². The maximum atomic E-state index is 11.0. The first kappa shape index (κ1) is 23.8. The summed E-state index contributed by atoms with van der Waals surface area (Å²) in [6.07, 6.45) is 1.82. The van der Waals surface area contributed by atoms with Gasteiger partial charge in [0, 0.05) is 26.9 Å². The molecule has 1 N–H and O–H groups in total. The van der Waals surface area contributed by atoms with Crippen molar-refractivity contribution in [1.82, 2.24) is 0 Å². The molecule has 7 heteroatoms. The van der Waals surface area contributed by atoms with Crippen LogP contribution in [0.15, 0.2) is 11.6 Å². The zero-order chi connectivity index (χ0) is 19.7. The lowest BCUT2D eigenvalue weighted by Crippen LogP contribution is -2.41. The van der Waals surface area contributed by atoms with Gasteiger partial charge in [0.1, 0.15) is 6.61 Å². The highest BCUT2D eigenvalue weighted by Gasteiger charge is 2.36. The molecule has 25 heavy (non-hydrogen) atoms. The van der Waals surface area contributed by atoms with Crippen LogP contribution in [0, 0.1) is 0 Å². The number of esters is 2. The summed E-state index contributed by atoms with van der Waals surface area (Å²) < 4.78 is 15.9. The van der Waals surface area contributed by atoms with Gasteiger partial charge in [-0.25, -0.2) is 0 Å². The Bertz CT molecular complexity index is 465. The van der Waals surface area contributed by atoms with E-state index in [1.54, 1.807) is 6.08 Å². The van der Waals surface area contributed by atoms with Crippen molar-refractivity contribution in [3.8, 4) is 0 Å². The second kappa shape index (κ2) is 10.7. The third kappa shape index (κ3) is 11.1. The molecular formula is C18H34O6Si. The Morgan fingerprint density at radius 2 is 1.64 bits per heavy atom. The molecule has 0 aliphatic carbocycles. The SMILES string of the molecule is CC(=O)OCC/C(=C/[C@H](O)CCO[Si](C)(C)C(C)(C)C)COC(C)=O. The van der Waals surface area contributed by atoms with Crippen molar-refractivity contribution in [3.63, 3.8) is 0 Å².